The molecule has 7 heavy (non-hydrogen) atoms. The van der Waals surface area contributed by atoms with Gasteiger partial charge in [0.05, 0.1) is 18.9 Å². The Balaban J connectivity index is 2.08. The van der Waals surface area contributed by atoms with E-state index in [0.29, 0.717) is 12.8 Å². The van der Waals surface area contributed by atoms with Crippen LogP contribution in [0, 0.1) is 0 Å². The number of hydrogen-bond donors (Lipinski definition) is 1. The molecule has 1 rings (SSSR count). The smallest absolute Gasteiger partial charge is 0.191 e. The van der Waals surface area contributed by atoms with Crippen LogP contribution >= 0.6 is 8.03 Å². The van der Waals surface area contributed by atoms with E-state index in [4.69, 9.17) is 4.89 Å². The van der Waals surface area contributed by atoms with Gasteiger partial charge in [0, 0.05) is 0 Å². The maximum absolute atomic E-state index is 9.95. The average molecular weight is 122 g/mol. The quantitative estimate of drug-likeness (QED) is 0.409. The Morgan fingerprint density at radius 2 is 2.57 bits per heavy atom. The minimum Gasteiger partial charge on any atom is -0.373 e. The Morgan fingerprint density at radius 3 is 2.71 bits per heavy atom. The van der Waals surface area contributed by atoms with Gasteiger partial charge >= 0.3 is 0 Å². The van der Waals surface area contributed by atoms with E-state index in [1.807, 2.05) is 0 Å². The summed E-state index contributed by atoms with van der Waals surface area (Å²) in [5.41, 5.74) is 0. The van der Waals surface area contributed by atoms with Crippen LogP contribution in [0.3, 0.4) is 0 Å². The predicted molar refractivity (Wildman–Crippen MR) is 25.8 cm³/mol. The van der Waals surface area contributed by atoms with E-state index in [2.05, 4.69) is 4.74 Å². The van der Waals surface area contributed by atoms with Gasteiger partial charge < -0.3 is 9.63 Å². The highest BCUT2D eigenvalue weighted by Gasteiger charge is 2.23. The van der Waals surface area contributed by atoms with Crippen LogP contribution in [0.4, 0.5) is 0 Å². The fraction of sp³-hybridized carbons (Fsp3) is 1.00. The van der Waals surface area contributed by atoms with Crippen LogP contribution in [-0.2, 0) is 9.30 Å². The van der Waals surface area contributed by atoms with Crippen molar-refractivity contribution >= 4 is 8.03 Å². The van der Waals surface area contributed by atoms with Gasteiger partial charge in [-0.25, -0.2) is 0 Å². The molecule has 0 amide bonds. The summed E-state index contributed by atoms with van der Waals surface area (Å²) in [6, 6.07) is 0. The van der Waals surface area contributed by atoms with Crippen molar-refractivity contribution in [3.05, 3.63) is 0 Å². The summed E-state index contributed by atoms with van der Waals surface area (Å²) in [5.74, 6) is 0. The molecule has 0 saturated carbocycles. The largest absolute Gasteiger partial charge is 0.373 e. The van der Waals surface area contributed by atoms with Crippen LogP contribution in [0.1, 0.15) is 0 Å². The van der Waals surface area contributed by atoms with Crippen molar-refractivity contribution in [3.8, 4) is 0 Å². The number of ether oxygens (including phenoxy) is 1. The van der Waals surface area contributed by atoms with Crippen molar-refractivity contribution in [3.63, 3.8) is 0 Å². The van der Waals surface area contributed by atoms with Crippen molar-refractivity contribution in [2.24, 2.45) is 0 Å². The third kappa shape index (κ3) is 2.07. The van der Waals surface area contributed by atoms with E-state index in [1.54, 1.807) is 0 Å². The second-order valence-corrected chi connectivity index (χ2v) is 2.75. The van der Waals surface area contributed by atoms with Crippen LogP contribution in [0.25, 0.3) is 0 Å². The van der Waals surface area contributed by atoms with Gasteiger partial charge in [-0.05, 0) is 0 Å². The van der Waals surface area contributed by atoms with Crippen LogP contribution in [0.5, 0.6) is 0 Å². The molecule has 0 aliphatic carbocycles. The molecule has 3 nitrogen and oxygen atoms in total. The second kappa shape index (κ2) is 1.95. The first-order valence-electron chi connectivity index (χ1n) is 2.12. The third-order valence-electron chi connectivity index (χ3n) is 0.805. The summed E-state index contributed by atoms with van der Waals surface area (Å²) >= 11 is 0. The lowest BCUT2D eigenvalue weighted by Gasteiger charge is -1.82. The van der Waals surface area contributed by atoms with Gasteiger partial charge in [0.25, 0.3) is 0 Å². The van der Waals surface area contributed by atoms with Gasteiger partial charge in [0.2, 0.25) is 0 Å². The lowest BCUT2D eigenvalue weighted by Crippen LogP contribution is -1.86. The molecule has 1 fully saturated rings. The van der Waals surface area contributed by atoms with Crippen molar-refractivity contribution in [1.29, 1.82) is 0 Å². The van der Waals surface area contributed by atoms with Gasteiger partial charge in [0.15, 0.2) is 8.03 Å². The van der Waals surface area contributed by atoms with E-state index < -0.39 is 8.03 Å². The van der Waals surface area contributed by atoms with Crippen LogP contribution in [0.2, 0.25) is 0 Å². The molecule has 0 aromatic carbocycles. The van der Waals surface area contributed by atoms with Crippen molar-refractivity contribution in [2.45, 2.75) is 6.10 Å². The van der Waals surface area contributed by atoms with Crippen LogP contribution in [0.15, 0.2) is 0 Å². The monoisotopic (exact) mass is 122 g/mol. The summed E-state index contributed by atoms with van der Waals surface area (Å²) in [6.45, 7) is 0.678. The Labute approximate surface area is 42.2 Å². The summed E-state index contributed by atoms with van der Waals surface area (Å²) in [7, 11) is -2.25. The first-order chi connectivity index (χ1) is 3.29. The summed E-state index contributed by atoms with van der Waals surface area (Å²) < 4.78 is 14.6. The van der Waals surface area contributed by atoms with Gasteiger partial charge in [-0.1, -0.05) is 0 Å². The zero-order valence-corrected chi connectivity index (χ0v) is 4.76. The molecular weight excluding hydrogens is 115 g/mol. The van der Waals surface area contributed by atoms with Gasteiger partial charge in [-0.2, -0.15) is 0 Å². The first-order valence-corrected chi connectivity index (χ1v) is 3.68. The minimum absolute atomic E-state index is 0.108. The summed E-state index contributed by atoms with van der Waals surface area (Å²) in [4.78, 5) is 8.23. The topological polar surface area (TPSA) is 49.8 Å². The Hall–Kier alpha value is 0.150. The maximum Gasteiger partial charge on any atom is 0.191 e. The fourth-order valence-electron chi connectivity index (χ4n) is 0.381. The molecule has 2 atom stereocenters. The second-order valence-electron chi connectivity index (χ2n) is 1.55. The molecular formula is C3H7O3P. The average Bonchev–Trinajstić information content (AvgIpc) is 2.17. The molecule has 0 radical (unpaired) electrons. The maximum atomic E-state index is 9.95. The highest BCUT2D eigenvalue weighted by atomic mass is 31.1. The third-order valence-corrected chi connectivity index (χ3v) is 1.61. The molecule has 0 spiro atoms. The summed E-state index contributed by atoms with van der Waals surface area (Å²) in [5, 5.41) is 0. The molecule has 42 valence electrons. The Kier molecular flexibility index (Phi) is 1.47. The molecule has 1 N–H and O–H groups in total. The van der Waals surface area contributed by atoms with Crippen molar-refractivity contribution in [2.75, 3.05) is 12.8 Å². The molecule has 4 heteroatoms. The van der Waals surface area contributed by atoms with Gasteiger partial charge in [-0.3, -0.25) is 4.57 Å². The minimum atomic E-state index is -2.25. The molecule has 1 aliphatic rings. The Bertz CT molecular complexity index is 88.2. The number of epoxide rings is 1. The molecule has 0 aromatic heterocycles. The molecule has 0 aromatic rings. The number of rotatable bonds is 2. The van der Waals surface area contributed by atoms with Gasteiger partial charge in [0.1, 0.15) is 0 Å². The van der Waals surface area contributed by atoms with Crippen molar-refractivity contribution < 1.29 is 14.2 Å². The molecule has 1 aliphatic heterocycles. The molecule has 1 saturated heterocycles. The van der Waals surface area contributed by atoms with E-state index in [1.165, 1.54) is 0 Å². The SMILES string of the molecule is O=[PH](O)CC1CO1. The fourth-order valence-corrected chi connectivity index (χ4v) is 1.01. The number of hydrogen-bond acceptors (Lipinski definition) is 2. The summed E-state index contributed by atoms with van der Waals surface area (Å²) in [6.07, 6.45) is 0.460. The van der Waals surface area contributed by atoms with Gasteiger partial charge in [-0.15, -0.1) is 0 Å². The first kappa shape index (κ1) is 5.29. The molecule has 0 bridgehead atoms. The van der Waals surface area contributed by atoms with E-state index in [0.717, 1.165) is 0 Å². The van der Waals surface area contributed by atoms with E-state index >= 15 is 0 Å². The van der Waals surface area contributed by atoms with Crippen LogP contribution < -0.4 is 0 Å². The normalized spacial score (nSPS) is 32.4. The lowest BCUT2D eigenvalue weighted by atomic mass is 10.6. The van der Waals surface area contributed by atoms with Crippen LogP contribution in [-0.4, -0.2) is 23.8 Å². The standard InChI is InChI=1S/C3H7O3P/c4-7(5)2-3-1-6-3/h3,7H,1-2H2,(H,4,5). The van der Waals surface area contributed by atoms with Crippen molar-refractivity contribution in [1.82, 2.24) is 0 Å². The van der Waals surface area contributed by atoms with E-state index in [9.17, 15) is 4.57 Å². The highest BCUT2D eigenvalue weighted by molar-refractivity contribution is 7.38. The lowest BCUT2D eigenvalue weighted by molar-refractivity contribution is 0.416. The Morgan fingerprint density at radius 1 is 2.00 bits per heavy atom. The predicted octanol–water partition coefficient (Wildman–Crippen LogP) is -0.148. The molecule has 1 heterocycles. The zero-order chi connectivity index (χ0) is 5.28. The van der Waals surface area contributed by atoms with E-state index in [-0.39, 0.29) is 6.10 Å². The highest BCUT2D eigenvalue weighted by Crippen LogP contribution is 2.22. The molecule has 2 unspecified atom stereocenters. The zero-order valence-electron chi connectivity index (χ0n) is 3.76.